The second-order valence-electron chi connectivity index (χ2n) is 8.94. The van der Waals surface area contributed by atoms with Crippen molar-refractivity contribution in [3.05, 3.63) is 71.8 Å². The average molecular weight is 478 g/mol. The van der Waals surface area contributed by atoms with Gasteiger partial charge >= 0.3 is 0 Å². The predicted octanol–water partition coefficient (Wildman–Crippen LogP) is 4.11. The zero-order valence-corrected chi connectivity index (χ0v) is 21.2. The van der Waals surface area contributed by atoms with Crippen molar-refractivity contribution in [2.75, 3.05) is 52.9 Å². The zero-order valence-electron chi connectivity index (χ0n) is 21.2. The third-order valence-electron chi connectivity index (χ3n) is 6.46. The molecule has 0 atom stereocenters. The molecule has 35 heavy (non-hydrogen) atoms. The molecule has 0 spiro atoms. The summed E-state index contributed by atoms with van der Waals surface area (Å²) >= 11 is 0. The zero-order chi connectivity index (χ0) is 24.9. The Kier molecular flexibility index (Phi) is 10.8. The van der Waals surface area contributed by atoms with Crippen LogP contribution in [0.1, 0.15) is 37.3 Å². The van der Waals surface area contributed by atoms with Crippen LogP contribution < -0.4 is 4.74 Å². The smallest absolute Gasteiger partial charge is 0.222 e. The largest absolute Gasteiger partial charge is 0.496 e. The van der Waals surface area contributed by atoms with Crippen molar-refractivity contribution in [1.82, 2.24) is 14.7 Å². The molecular formula is C29H39N3O3. The standard InChI is InChI=1S/C29H39N3O3/c1-3-10-28(33)31(18-9-14-26-13-7-8-15-27(26)35-2)22-19-30-20-23-32(24-21-30)29(34)17-16-25-11-5-4-6-12-25/h4-9,11-15H,3,10,16-24H2,1-2H3/b14-9+. The van der Waals surface area contributed by atoms with Gasteiger partial charge in [0.2, 0.25) is 11.8 Å². The molecule has 0 saturated carbocycles. The molecule has 1 aliphatic heterocycles. The molecule has 1 heterocycles. The van der Waals surface area contributed by atoms with Gasteiger partial charge in [-0.15, -0.1) is 0 Å². The van der Waals surface area contributed by atoms with Gasteiger partial charge in [0, 0.05) is 64.2 Å². The maximum absolute atomic E-state index is 12.7. The van der Waals surface area contributed by atoms with Crippen molar-refractivity contribution in [3.63, 3.8) is 0 Å². The molecule has 1 aliphatic rings. The summed E-state index contributed by atoms with van der Waals surface area (Å²) in [6.07, 6.45) is 6.81. The highest BCUT2D eigenvalue weighted by molar-refractivity contribution is 5.77. The molecule has 0 unspecified atom stereocenters. The van der Waals surface area contributed by atoms with Gasteiger partial charge < -0.3 is 14.5 Å². The lowest BCUT2D eigenvalue weighted by Crippen LogP contribution is -2.50. The Bertz CT molecular complexity index is 953. The number of ether oxygens (including phenoxy) is 1. The summed E-state index contributed by atoms with van der Waals surface area (Å²) in [6, 6.07) is 18.0. The molecule has 188 valence electrons. The number of piperazine rings is 1. The number of benzene rings is 2. The molecule has 0 bridgehead atoms. The van der Waals surface area contributed by atoms with E-state index in [-0.39, 0.29) is 11.8 Å². The molecule has 0 radical (unpaired) electrons. The second-order valence-corrected chi connectivity index (χ2v) is 8.94. The number of rotatable bonds is 12. The van der Waals surface area contributed by atoms with Gasteiger partial charge in [0.05, 0.1) is 7.11 Å². The first-order valence-electron chi connectivity index (χ1n) is 12.7. The van der Waals surface area contributed by atoms with Crippen LogP contribution >= 0.6 is 0 Å². The number of amides is 2. The number of hydrogen-bond donors (Lipinski definition) is 0. The topological polar surface area (TPSA) is 53.1 Å². The van der Waals surface area contributed by atoms with Crippen LogP contribution in [0.5, 0.6) is 5.75 Å². The van der Waals surface area contributed by atoms with Crippen LogP contribution in [-0.2, 0) is 16.0 Å². The van der Waals surface area contributed by atoms with E-state index in [9.17, 15) is 9.59 Å². The molecule has 1 saturated heterocycles. The van der Waals surface area contributed by atoms with Crippen molar-refractivity contribution in [1.29, 1.82) is 0 Å². The number of carbonyl (C=O) groups excluding carboxylic acids is 2. The fourth-order valence-electron chi connectivity index (χ4n) is 4.34. The number of para-hydroxylation sites is 1. The summed E-state index contributed by atoms with van der Waals surface area (Å²) in [6.45, 7) is 7.34. The van der Waals surface area contributed by atoms with E-state index in [1.165, 1.54) is 5.56 Å². The van der Waals surface area contributed by atoms with Gasteiger partial charge in [-0.25, -0.2) is 0 Å². The van der Waals surface area contributed by atoms with Gasteiger partial charge in [-0.05, 0) is 24.5 Å². The van der Waals surface area contributed by atoms with E-state index in [2.05, 4.69) is 17.0 Å². The summed E-state index contributed by atoms with van der Waals surface area (Å²) in [5.41, 5.74) is 2.21. The fraction of sp³-hybridized carbons (Fsp3) is 0.448. The summed E-state index contributed by atoms with van der Waals surface area (Å²) in [4.78, 5) is 31.6. The molecule has 1 fully saturated rings. The predicted molar refractivity (Wildman–Crippen MR) is 141 cm³/mol. The van der Waals surface area contributed by atoms with Gasteiger partial charge in [-0.1, -0.05) is 67.6 Å². The van der Waals surface area contributed by atoms with Crippen LogP contribution in [0.4, 0.5) is 0 Å². The Balaban J connectivity index is 1.45. The van der Waals surface area contributed by atoms with Crippen molar-refractivity contribution >= 4 is 17.9 Å². The first-order chi connectivity index (χ1) is 17.1. The van der Waals surface area contributed by atoms with Crippen molar-refractivity contribution in [2.45, 2.75) is 32.6 Å². The minimum absolute atomic E-state index is 0.187. The summed E-state index contributed by atoms with van der Waals surface area (Å²) in [5, 5.41) is 0. The number of carbonyl (C=O) groups is 2. The summed E-state index contributed by atoms with van der Waals surface area (Å²) in [7, 11) is 1.67. The normalized spacial score (nSPS) is 14.3. The third kappa shape index (κ3) is 8.55. The number of aryl methyl sites for hydroxylation is 1. The maximum Gasteiger partial charge on any atom is 0.222 e. The van der Waals surface area contributed by atoms with E-state index >= 15 is 0 Å². The highest BCUT2D eigenvalue weighted by Gasteiger charge is 2.21. The van der Waals surface area contributed by atoms with Gasteiger partial charge in [-0.2, -0.15) is 0 Å². The van der Waals surface area contributed by atoms with Crippen molar-refractivity contribution < 1.29 is 14.3 Å². The first-order valence-corrected chi connectivity index (χ1v) is 12.7. The van der Waals surface area contributed by atoms with E-state index in [1.54, 1.807) is 7.11 Å². The number of methoxy groups -OCH3 is 1. The molecule has 2 aromatic rings. The molecule has 0 aromatic heterocycles. The monoisotopic (exact) mass is 477 g/mol. The van der Waals surface area contributed by atoms with Crippen LogP contribution in [0.15, 0.2) is 60.7 Å². The van der Waals surface area contributed by atoms with E-state index in [0.717, 1.165) is 56.9 Å². The summed E-state index contributed by atoms with van der Waals surface area (Å²) < 4.78 is 5.41. The molecular weight excluding hydrogens is 438 g/mol. The highest BCUT2D eigenvalue weighted by atomic mass is 16.5. The van der Waals surface area contributed by atoms with E-state index in [1.807, 2.05) is 71.3 Å². The van der Waals surface area contributed by atoms with E-state index in [0.29, 0.717) is 25.9 Å². The van der Waals surface area contributed by atoms with Crippen LogP contribution in [0.25, 0.3) is 6.08 Å². The maximum atomic E-state index is 12.7. The molecule has 6 nitrogen and oxygen atoms in total. The molecule has 3 rings (SSSR count). The highest BCUT2D eigenvalue weighted by Crippen LogP contribution is 2.18. The van der Waals surface area contributed by atoms with Crippen LogP contribution in [-0.4, -0.2) is 79.4 Å². The average Bonchev–Trinajstić information content (AvgIpc) is 2.90. The van der Waals surface area contributed by atoms with Gasteiger partial charge in [0.15, 0.2) is 0 Å². The third-order valence-corrected chi connectivity index (χ3v) is 6.46. The van der Waals surface area contributed by atoms with Crippen molar-refractivity contribution in [2.24, 2.45) is 0 Å². The molecule has 0 N–H and O–H groups in total. The number of nitrogens with zero attached hydrogens (tertiary/aromatic N) is 3. The first kappa shape index (κ1) is 26.5. The Morgan fingerprint density at radius 1 is 0.971 bits per heavy atom. The van der Waals surface area contributed by atoms with Crippen LogP contribution in [0.2, 0.25) is 0 Å². The van der Waals surface area contributed by atoms with Gasteiger partial charge in [0.1, 0.15) is 5.75 Å². The molecule has 0 aliphatic carbocycles. The molecule has 2 amide bonds. The Hall–Kier alpha value is -3.12. The Morgan fingerprint density at radius 2 is 1.69 bits per heavy atom. The molecule has 6 heteroatoms. The van der Waals surface area contributed by atoms with Crippen molar-refractivity contribution in [3.8, 4) is 5.75 Å². The minimum atomic E-state index is 0.187. The van der Waals surface area contributed by atoms with Crippen LogP contribution in [0.3, 0.4) is 0 Å². The Labute approximate surface area is 210 Å². The SMILES string of the molecule is CCCC(=O)N(C/C=C/c1ccccc1OC)CCN1CCN(C(=O)CCc2ccccc2)CC1. The van der Waals surface area contributed by atoms with Crippen LogP contribution in [0, 0.1) is 0 Å². The van der Waals surface area contributed by atoms with E-state index in [4.69, 9.17) is 4.74 Å². The number of hydrogen-bond acceptors (Lipinski definition) is 4. The molecule has 2 aromatic carbocycles. The second kappa shape index (κ2) is 14.3. The fourth-order valence-corrected chi connectivity index (χ4v) is 4.34. The van der Waals surface area contributed by atoms with Gasteiger partial charge in [-0.3, -0.25) is 14.5 Å². The lowest BCUT2D eigenvalue weighted by Gasteiger charge is -2.36. The lowest BCUT2D eigenvalue weighted by atomic mass is 10.1. The van der Waals surface area contributed by atoms with Gasteiger partial charge in [0.25, 0.3) is 0 Å². The lowest BCUT2D eigenvalue weighted by molar-refractivity contribution is -0.133. The summed E-state index contributed by atoms with van der Waals surface area (Å²) in [5.74, 6) is 1.24. The quantitative estimate of drug-likeness (QED) is 0.462. The Morgan fingerprint density at radius 3 is 2.40 bits per heavy atom. The van der Waals surface area contributed by atoms with E-state index < -0.39 is 0 Å². The minimum Gasteiger partial charge on any atom is -0.496 e.